The van der Waals surface area contributed by atoms with Crippen molar-refractivity contribution in [3.05, 3.63) is 23.9 Å². The molecule has 92 valence electrons. The Labute approximate surface area is 106 Å². The highest BCUT2D eigenvalue weighted by molar-refractivity contribution is 7.80. The fraction of sp³-hybridized carbons (Fsp3) is 0.500. The Morgan fingerprint density at radius 2 is 2.47 bits per heavy atom. The number of pyridine rings is 1. The van der Waals surface area contributed by atoms with E-state index in [0.717, 1.165) is 17.9 Å². The van der Waals surface area contributed by atoms with Gasteiger partial charge < -0.3 is 9.64 Å². The number of carbonyl (C=O) groups excluding carboxylic acids is 1. The van der Waals surface area contributed by atoms with E-state index in [0.29, 0.717) is 24.8 Å². The van der Waals surface area contributed by atoms with Crippen molar-refractivity contribution >= 4 is 18.5 Å². The normalized spacial score (nSPS) is 19.8. The second kappa shape index (κ2) is 5.40. The van der Waals surface area contributed by atoms with Crippen LogP contribution in [0.5, 0.6) is 5.88 Å². The molecule has 0 aliphatic carbocycles. The van der Waals surface area contributed by atoms with Crippen molar-refractivity contribution in [1.29, 1.82) is 0 Å². The third-order valence-corrected chi connectivity index (χ3v) is 3.45. The molecule has 5 heteroatoms. The molecule has 0 N–H and O–H groups in total. The lowest BCUT2D eigenvalue weighted by molar-refractivity contribution is -0.128. The number of nitrogens with zero attached hydrogens (tertiary/aromatic N) is 2. The summed E-state index contributed by atoms with van der Waals surface area (Å²) >= 11 is 4.25. The molecule has 1 aromatic rings. The number of likely N-dealkylation sites (tertiary alicyclic amines) is 1. The van der Waals surface area contributed by atoms with Gasteiger partial charge in [-0.05, 0) is 23.3 Å². The summed E-state index contributed by atoms with van der Waals surface area (Å²) in [7, 11) is 1.59. The number of hydrogen-bond acceptors (Lipinski definition) is 4. The highest BCUT2D eigenvalue weighted by Crippen LogP contribution is 2.21. The van der Waals surface area contributed by atoms with Gasteiger partial charge in [0.1, 0.15) is 0 Å². The van der Waals surface area contributed by atoms with Crippen molar-refractivity contribution in [2.45, 2.75) is 13.0 Å². The molecule has 1 aromatic heterocycles. The molecule has 4 nitrogen and oxygen atoms in total. The number of hydrogen-bond donors (Lipinski definition) is 1. The molecule has 1 amide bonds. The lowest BCUT2D eigenvalue weighted by Crippen LogP contribution is -2.24. The molecule has 1 aliphatic rings. The van der Waals surface area contributed by atoms with Crippen LogP contribution >= 0.6 is 12.6 Å². The van der Waals surface area contributed by atoms with Crippen LogP contribution in [0, 0.1) is 5.92 Å². The summed E-state index contributed by atoms with van der Waals surface area (Å²) in [6, 6.07) is 3.77. The van der Waals surface area contributed by atoms with Crippen LogP contribution in [0.3, 0.4) is 0 Å². The van der Waals surface area contributed by atoms with E-state index in [1.807, 2.05) is 17.0 Å². The zero-order valence-electron chi connectivity index (χ0n) is 9.80. The number of amides is 1. The van der Waals surface area contributed by atoms with Crippen molar-refractivity contribution in [2.24, 2.45) is 5.92 Å². The van der Waals surface area contributed by atoms with E-state index >= 15 is 0 Å². The van der Waals surface area contributed by atoms with Crippen LogP contribution in [0.2, 0.25) is 0 Å². The molecule has 0 aromatic carbocycles. The average molecular weight is 252 g/mol. The fourth-order valence-corrected chi connectivity index (χ4v) is 2.25. The van der Waals surface area contributed by atoms with Crippen LogP contribution in [0.4, 0.5) is 0 Å². The van der Waals surface area contributed by atoms with Crippen LogP contribution in [-0.2, 0) is 11.3 Å². The lowest BCUT2D eigenvalue weighted by Gasteiger charge is -2.16. The third kappa shape index (κ3) is 2.91. The van der Waals surface area contributed by atoms with Crippen molar-refractivity contribution < 1.29 is 9.53 Å². The minimum absolute atomic E-state index is 0.208. The van der Waals surface area contributed by atoms with Gasteiger partial charge in [-0.2, -0.15) is 12.6 Å². The summed E-state index contributed by atoms with van der Waals surface area (Å²) < 4.78 is 5.06. The monoisotopic (exact) mass is 252 g/mol. The highest BCUT2D eigenvalue weighted by atomic mass is 32.1. The first kappa shape index (κ1) is 12.2. The Kier molecular flexibility index (Phi) is 3.89. The maximum atomic E-state index is 11.7. The molecule has 17 heavy (non-hydrogen) atoms. The van der Waals surface area contributed by atoms with Gasteiger partial charge in [-0.15, -0.1) is 0 Å². The Morgan fingerprint density at radius 1 is 1.65 bits per heavy atom. The maximum absolute atomic E-state index is 11.7. The first-order valence-electron chi connectivity index (χ1n) is 5.60. The topological polar surface area (TPSA) is 42.4 Å². The zero-order chi connectivity index (χ0) is 12.3. The van der Waals surface area contributed by atoms with Gasteiger partial charge in [-0.3, -0.25) is 4.79 Å². The smallest absolute Gasteiger partial charge is 0.223 e. The predicted molar refractivity (Wildman–Crippen MR) is 68.2 cm³/mol. The van der Waals surface area contributed by atoms with Gasteiger partial charge in [0.25, 0.3) is 0 Å². The fourth-order valence-electron chi connectivity index (χ4n) is 2.01. The molecule has 0 saturated carbocycles. The molecule has 0 spiro atoms. The second-order valence-corrected chi connectivity index (χ2v) is 4.60. The van der Waals surface area contributed by atoms with Gasteiger partial charge in [0.2, 0.25) is 11.8 Å². The number of aromatic nitrogens is 1. The number of thiol groups is 1. The van der Waals surface area contributed by atoms with Gasteiger partial charge in [0.05, 0.1) is 7.11 Å². The SMILES string of the molecule is COc1cc(CN2CC(CS)CC2=O)ccn1. The van der Waals surface area contributed by atoms with E-state index in [1.165, 1.54) is 0 Å². The molecule has 2 heterocycles. The van der Waals surface area contributed by atoms with Gasteiger partial charge in [-0.25, -0.2) is 4.98 Å². The quantitative estimate of drug-likeness (QED) is 0.823. The standard InChI is InChI=1S/C12H16N2O2S/c1-16-11-4-9(2-3-13-11)6-14-7-10(8-17)5-12(14)15/h2-4,10,17H,5-8H2,1H3. The molecular formula is C12H16N2O2S. The minimum Gasteiger partial charge on any atom is -0.481 e. The molecule has 2 rings (SSSR count). The van der Waals surface area contributed by atoms with E-state index in [2.05, 4.69) is 17.6 Å². The molecule has 0 bridgehead atoms. The molecule has 1 atom stereocenters. The highest BCUT2D eigenvalue weighted by Gasteiger charge is 2.28. The van der Waals surface area contributed by atoms with Gasteiger partial charge in [0, 0.05) is 31.8 Å². The van der Waals surface area contributed by atoms with Gasteiger partial charge in [-0.1, -0.05) is 0 Å². The van der Waals surface area contributed by atoms with Crippen LogP contribution in [0.25, 0.3) is 0 Å². The molecule has 0 radical (unpaired) electrons. The summed E-state index contributed by atoms with van der Waals surface area (Å²) in [4.78, 5) is 17.7. The summed E-state index contributed by atoms with van der Waals surface area (Å²) in [5.74, 6) is 1.94. The first-order chi connectivity index (χ1) is 8.22. The van der Waals surface area contributed by atoms with E-state index in [9.17, 15) is 4.79 Å². The van der Waals surface area contributed by atoms with Crippen LogP contribution < -0.4 is 4.74 Å². The maximum Gasteiger partial charge on any atom is 0.223 e. The van der Waals surface area contributed by atoms with Crippen molar-refractivity contribution in [1.82, 2.24) is 9.88 Å². The van der Waals surface area contributed by atoms with E-state index in [-0.39, 0.29) is 5.91 Å². The number of ether oxygens (including phenoxy) is 1. The van der Waals surface area contributed by atoms with Crippen LogP contribution in [0.1, 0.15) is 12.0 Å². The van der Waals surface area contributed by atoms with Crippen LogP contribution in [-0.4, -0.2) is 35.2 Å². The Balaban J connectivity index is 2.03. The summed E-state index contributed by atoms with van der Waals surface area (Å²) in [6.07, 6.45) is 2.32. The van der Waals surface area contributed by atoms with Crippen LogP contribution in [0.15, 0.2) is 18.3 Å². The van der Waals surface area contributed by atoms with E-state index in [1.54, 1.807) is 13.3 Å². The Hall–Kier alpha value is -1.23. The second-order valence-electron chi connectivity index (χ2n) is 4.23. The largest absolute Gasteiger partial charge is 0.481 e. The van der Waals surface area contributed by atoms with E-state index < -0.39 is 0 Å². The molecule has 1 saturated heterocycles. The van der Waals surface area contributed by atoms with Crippen molar-refractivity contribution in [2.75, 3.05) is 19.4 Å². The van der Waals surface area contributed by atoms with Crippen molar-refractivity contribution in [3.63, 3.8) is 0 Å². The predicted octanol–water partition coefficient (Wildman–Crippen LogP) is 1.37. The number of carbonyl (C=O) groups is 1. The van der Waals surface area contributed by atoms with Gasteiger partial charge >= 0.3 is 0 Å². The minimum atomic E-state index is 0.208. The van der Waals surface area contributed by atoms with Crippen molar-refractivity contribution in [3.8, 4) is 5.88 Å². The summed E-state index contributed by atoms with van der Waals surface area (Å²) in [5, 5.41) is 0. The van der Waals surface area contributed by atoms with Gasteiger partial charge in [0.15, 0.2) is 0 Å². The molecular weight excluding hydrogens is 236 g/mol. The zero-order valence-corrected chi connectivity index (χ0v) is 10.7. The molecule has 1 unspecified atom stereocenters. The lowest BCUT2D eigenvalue weighted by atomic mass is 10.1. The molecule has 1 fully saturated rings. The first-order valence-corrected chi connectivity index (χ1v) is 6.23. The summed E-state index contributed by atoms with van der Waals surface area (Å²) in [6.45, 7) is 1.43. The Bertz CT molecular complexity index is 411. The average Bonchev–Trinajstić information content (AvgIpc) is 2.70. The third-order valence-electron chi connectivity index (χ3n) is 2.93. The number of rotatable bonds is 4. The number of methoxy groups -OCH3 is 1. The summed E-state index contributed by atoms with van der Waals surface area (Å²) in [5.41, 5.74) is 1.05. The van der Waals surface area contributed by atoms with E-state index in [4.69, 9.17) is 4.74 Å². The Morgan fingerprint density at radius 3 is 3.12 bits per heavy atom. The molecule has 1 aliphatic heterocycles.